The molecular weight excluding hydrogens is 352 g/mol. The van der Waals surface area contributed by atoms with Crippen molar-refractivity contribution in [1.29, 1.82) is 0 Å². The van der Waals surface area contributed by atoms with Gasteiger partial charge in [-0.05, 0) is 30.5 Å². The molecule has 21 heavy (non-hydrogen) atoms. The molecule has 0 unspecified atom stereocenters. The van der Waals surface area contributed by atoms with Crippen molar-refractivity contribution in [2.75, 3.05) is 0 Å². The van der Waals surface area contributed by atoms with Crippen molar-refractivity contribution in [1.82, 2.24) is 0 Å². The highest BCUT2D eigenvalue weighted by Crippen LogP contribution is 2.23. The summed E-state index contributed by atoms with van der Waals surface area (Å²) in [6.07, 6.45) is -0.365. The summed E-state index contributed by atoms with van der Waals surface area (Å²) in [5.41, 5.74) is 1.04. The monoisotopic (exact) mass is 366 g/mol. The Balaban J connectivity index is 0.000000690. The number of ether oxygens (including phenoxy) is 1. The van der Waals surface area contributed by atoms with E-state index >= 15 is 0 Å². The quantitative estimate of drug-likeness (QED) is 0.542. The smallest absolute Gasteiger partial charge is 0.406 e. The van der Waals surface area contributed by atoms with Crippen LogP contribution in [0.2, 0.25) is 0 Å². The second-order valence-corrected chi connectivity index (χ2v) is 7.70. The molecule has 3 nitrogen and oxygen atoms in total. The van der Waals surface area contributed by atoms with Gasteiger partial charge in [0.1, 0.15) is 5.75 Å². The second-order valence-electron chi connectivity index (χ2n) is 4.03. The molecule has 0 bridgehead atoms. The molecule has 0 saturated carbocycles. The average molecular weight is 367 g/mol. The molecule has 0 radical (unpaired) electrons. The van der Waals surface area contributed by atoms with Crippen LogP contribution in [-0.4, -0.2) is 14.8 Å². The highest BCUT2D eigenvalue weighted by Gasteiger charge is 2.30. The van der Waals surface area contributed by atoms with E-state index in [0.717, 1.165) is 31.2 Å². The summed E-state index contributed by atoms with van der Waals surface area (Å²) in [5, 5.41) is 0. The van der Waals surface area contributed by atoms with Crippen LogP contribution >= 0.6 is 21.4 Å². The van der Waals surface area contributed by atoms with E-state index in [0.29, 0.717) is 0 Å². The fraction of sp³-hybridized carbons (Fsp3) is 0.500. The third kappa shape index (κ3) is 15.5. The van der Waals surface area contributed by atoms with Crippen LogP contribution in [0.1, 0.15) is 31.7 Å². The highest BCUT2D eigenvalue weighted by atomic mass is 36.0. The fourth-order valence-electron chi connectivity index (χ4n) is 1.44. The largest absolute Gasteiger partial charge is 0.573 e. The molecule has 1 rings (SSSR count). The number of hydrogen-bond donors (Lipinski definition) is 0. The van der Waals surface area contributed by atoms with E-state index in [-0.39, 0.29) is 5.75 Å². The van der Waals surface area contributed by atoms with E-state index in [4.69, 9.17) is 8.42 Å². The van der Waals surface area contributed by atoms with Gasteiger partial charge in [0.2, 0.25) is 0 Å². The Hall–Kier alpha value is -0.660. The van der Waals surface area contributed by atoms with Gasteiger partial charge in [-0.15, -0.1) is 13.2 Å². The van der Waals surface area contributed by atoms with Gasteiger partial charge in [-0.1, -0.05) is 31.9 Å². The summed E-state index contributed by atoms with van der Waals surface area (Å²) in [4.78, 5) is 0. The molecule has 0 spiro atoms. The third-order valence-electron chi connectivity index (χ3n) is 2.23. The summed E-state index contributed by atoms with van der Waals surface area (Å²) >= 11 is 0. The first-order valence-corrected chi connectivity index (χ1v) is 9.13. The van der Waals surface area contributed by atoms with Gasteiger partial charge in [0.05, 0.1) is 0 Å². The summed E-state index contributed by atoms with van der Waals surface area (Å²) in [6, 6.07) is 6.07. The van der Waals surface area contributed by atoms with Crippen LogP contribution in [0.4, 0.5) is 13.2 Å². The average Bonchev–Trinajstić information content (AvgIpc) is 2.27. The molecule has 122 valence electrons. The first-order chi connectivity index (χ1) is 9.51. The fourth-order valence-corrected chi connectivity index (χ4v) is 1.44. The number of hydrogen-bond acceptors (Lipinski definition) is 3. The van der Waals surface area contributed by atoms with E-state index in [1.807, 2.05) is 0 Å². The van der Waals surface area contributed by atoms with Crippen LogP contribution in [0.5, 0.6) is 5.75 Å². The Morgan fingerprint density at radius 2 is 1.57 bits per heavy atom. The van der Waals surface area contributed by atoms with Crippen LogP contribution < -0.4 is 4.74 Å². The van der Waals surface area contributed by atoms with Gasteiger partial charge in [0, 0.05) is 21.4 Å². The lowest BCUT2D eigenvalue weighted by Gasteiger charge is -2.09. The minimum absolute atomic E-state index is 0.160. The SMILES string of the molecule is CCCCCc1ccc(OC(F)(F)F)cc1.O=S(=O)(Cl)Cl. The molecule has 0 aliphatic heterocycles. The van der Waals surface area contributed by atoms with Crippen molar-refractivity contribution in [3.05, 3.63) is 29.8 Å². The summed E-state index contributed by atoms with van der Waals surface area (Å²) in [5.74, 6) is -0.160. The number of rotatable bonds is 5. The second kappa shape index (κ2) is 9.38. The van der Waals surface area contributed by atoms with Crippen molar-refractivity contribution in [3.8, 4) is 5.75 Å². The number of halogens is 5. The molecule has 0 aliphatic carbocycles. The van der Waals surface area contributed by atoms with E-state index in [1.165, 1.54) is 12.1 Å². The number of aryl methyl sites for hydroxylation is 1. The van der Waals surface area contributed by atoms with Crippen molar-refractivity contribution in [2.45, 2.75) is 39.0 Å². The maximum Gasteiger partial charge on any atom is 0.573 e. The Kier molecular flexibility index (Phi) is 9.08. The van der Waals surface area contributed by atoms with Gasteiger partial charge in [0.25, 0.3) is 0 Å². The van der Waals surface area contributed by atoms with Gasteiger partial charge in [0.15, 0.2) is 0 Å². The first-order valence-electron chi connectivity index (χ1n) is 6.00. The lowest BCUT2D eigenvalue weighted by molar-refractivity contribution is -0.274. The molecule has 1 aromatic rings. The minimum atomic E-state index is -4.61. The minimum Gasteiger partial charge on any atom is -0.406 e. The van der Waals surface area contributed by atoms with Crippen molar-refractivity contribution >= 4 is 29.6 Å². The predicted octanol–water partition coefficient (Wildman–Crippen LogP) is 5.03. The Morgan fingerprint density at radius 3 is 1.95 bits per heavy atom. The Morgan fingerprint density at radius 1 is 1.10 bits per heavy atom. The molecule has 1 aromatic carbocycles. The molecule has 0 fully saturated rings. The van der Waals surface area contributed by atoms with Crippen LogP contribution in [-0.2, 0) is 14.7 Å². The van der Waals surface area contributed by atoms with Gasteiger partial charge in [-0.25, -0.2) is 0 Å². The number of unbranched alkanes of at least 4 members (excludes halogenated alkanes) is 2. The topological polar surface area (TPSA) is 43.4 Å². The van der Waals surface area contributed by atoms with Crippen molar-refractivity contribution < 1.29 is 26.3 Å². The van der Waals surface area contributed by atoms with Crippen molar-refractivity contribution in [3.63, 3.8) is 0 Å². The van der Waals surface area contributed by atoms with Crippen molar-refractivity contribution in [2.24, 2.45) is 0 Å². The van der Waals surface area contributed by atoms with Crippen LogP contribution in [0, 0.1) is 0 Å². The lowest BCUT2D eigenvalue weighted by atomic mass is 10.1. The standard InChI is InChI=1S/C12H15F3O.Cl2O2S/c1-2-3-4-5-10-6-8-11(9-7-10)16-12(13,14)15;1-5(2,3)4/h6-9H,2-5H2,1H3;. The van der Waals surface area contributed by atoms with Crippen LogP contribution in [0.15, 0.2) is 24.3 Å². The zero-order valence-corrected chi connectivity index (χ0v) is 13.5. The molecule has 0 atom stereocenters. The molecule has 0 heterocycles. The van der Waals surface area contributed by atoms with E-state index in [9.17, 15) is 13.2 Å². The first kappa shape index (κ1) is 20.3. The Labute approximate surface area is 130 Å². The Bertz CT molecular complexity index is 493. The van der Waals surface area contributed by atoms with Crippen LogP contribution in [0.25, 0.3) is 0 Å². The molecule has 0 aliphatic rings. The predicted molar refractivity (Wildman–Crippen MR) is 77.0 cm³/mol. The molecule has 0 N–H and O–H groups in total. The van der Waals surface area contributed by atoms with E-state index in [2.05, 4.69) is 33.0 Å². The van der Waals surface area contributed by atoms with Gasteiger partial charge < -0.3 is 4.74 Å². The third-order valence-corrected chi connectivity index (χ3v) is 2.23. The summed E-state index contributed by atoms with van der Waals surface area (Å²) in [6.45, 7) is 2.11. The van der Waals surface area contributed by atoms with Gasteiger partial charge in [-0.3, -0.25) is 0 Å². The molecule has 9 heteroatoms. The molecular formula is C12H15Cl2F3O3S. The maximum atomic E-state index is 11.9. The lowest BCUT2D eigenvalue weighted by Crippen LogP contribution is -2.17. The summed E-state index contributed by atoms with van der Waals surface area (Å²) < 4.78 is 57.7. The van der Waals surface area contributed by atoms with Gasteiger partial charge in [-0.2, -0.15) is 8.42 Å². The highest BCUT2D eigenvalue weighted by molar-refractivity contribution is 8.31. The molecule has 0 aromatic heterocycles. The number of alkyl halides is 3. The normalized spacial score (nSPS) is 11.5. The zero-order valence-electron chi connectivity index (χ0n) is 11.2. The van der Waals surface area contributed by atoms with Gasteiger partial charge >= 0.3 is 14.6 Å². The van der Waals surface area contributed by atoms with E-state index in [1.54, 1.807) is 12.1 Å². The summed E-state index contributed by atoms with van der Waals surface area (Å²) in [7, 11) is 4.81. The zero-order chi connectivity index (χ0) is 16.5. The maximum absolute atomic E-state index is 11.9. The number of benzene rings is 1. The molecule has 0 amide bonds. The van der Waals surface area contributed by atoms with E-state index < -0.39 is 14.6 Å². The molecule has 0 saturated heterocycles. The van der Waals surface area contributed by atoms with Crippen LogP contribution in [0.3, 0.4) is 0 Å².